The van der Waals surface area contributed by atoms with Crippen LogP contribution in [-0.4, -0.2) is 12.2 Å². The minimum Gasteiger partial charge on any atom is -0.497 e. The van der Waals surface area contributed by atoms with Crippen LogP contribution in [0.2, 0.25) is 0 Å². The van der Waals surface area contributed by atoms with Crippen LogP contribution < -0.4 is 9.47 Å². The lowest BCUT2D eigenvalue weighted by Gasteiger charge is -2.30. The third-order valence-electron chi connectivity index (χ3n) is 3.61. The Morgan fingerprint density at radius 1 is 1.19 bits per heavy atom. The van der Waals surface area contributed by atoms with Crippen molar-refractivity contribution < 1.29 is 23.4 Å². The molecule has 5 heteroatoms. The van der Waals surface area contributed by atoms with Crippen molar-refractivity contribution in [2.24, 2.45) is 0 Å². The predicted octanol–water partition coefficient (Wildman–Crippen LogP) is 3.53. The molecule has 0 radical (unpaired) electrons. The van der Waals surface area contributed by atoms with Crippen molar-refractivity contribution in [1.82, 2.24) is 0 Å². The van der Waals surface area contributed by atoms with Gasteiger partial charge in [-0.15, -0.1) is 0 Å². The van der Waals surface area contributed by atoms with Crippen LogP contribution in [-0.2, 0) is 0 Å². The van der Waals surface area contributed by atoms with Crippen LogP contribution in [0.5, 0.6) is 11.5 Å². The first-order chi connectivity index (χ1) is 10.1. The number of ether oxygens (including phenoxy) is 2. The number of halogens is 2. The molecule has 3 nitrogen and oxygen atoms in total. The number of methoxy groups -OCH3 is 1. The average molecular weight is 292 g/mol. The fourth-order valence-electron chi connectivity index (χ4n) is 2.55. The second-order valence-electron chi connectivity index (χ2n) is 4.90. The summed E-state index contributed by atoms with van der Waals surface area (Å²) in [6.07, 6.45) is -1.62. The summed E-state index contributed by atoms with van der Waals surface area (Å²) in [5, 5.41) is 10.2. The monoisotopic (exact) mass is 292 g/mol. The normalized spacial score (nSPS) is 20.6. The molecule has 0 saturated carbocycles. The van der Waals surface area contributed by atoms with E-state index in [0.29, 0.717) is 17.1 Å². The summed E-state index contributed by atoms with van der Waals surface area (Å²) < 4.78 is 38.5. The molecule has 2 atom stereocenters. The quantitative estimate of drug-likeness (QED) is 0.920. The first kappa shape index (κ1) is 13.8. The van der Waals surface area contributed by atoms with Gasteiger partial charge in [-0.25, -0.2) is 8.78 Å². The first-order valence-corrected chi connectivity index (χ1v) is 6.56. The van der Waals surface area contributed by atoms with Crippen LogP contribution >= 0.6 is 0 Å². The highest BCUT2D eigenvalue weighted by molar-refractivity contribution is 5.44. The highest BCUT2D eigenvalue weighted by atomic mass is 19.1. The van der Waals surface area contributed by atoms with Gasteiger partial charge < -0.3 is 14.6 Å². The number of aliphatic hydroxyl groups excluding tert-OH is 1. The van der Waals surface area contributed by atoms with Gasteiger partial charge in [-0.1, -0.05) is 6.07 Å². The zero-order valence-corrected chi connectivity index (χ0v) is 11.3. The molecule has 1 aliphatic rings. The third-order valence-corrected chi connectivity index (χ3v) is 3.61. The van der Waals surface area contributed by atoms with Crippen molar-refractivity contribution in [2.75, 3.05) is 7.11 Å². The van der Waals surface area contributed by atoms with E-state index in [1.807, 2.05) is 0 Å². The third kappa shape index (κ3) is 2.45. The Labute approximate surface area is 120 Å². The van der Waals surface area contributed by atoms with E-state index >= 15 is 0 Å². The molecular weight excluding hydrogens is 278 g/mol. The molecule has 0 fully saturated rings. The molecule has 0 amide bonds. The number of hydrogen-bond acceptors (Lipinski definition) is 3. The number of rotatable bonds is 2. The van der Waals surface area contributed by atoms with Crippen LogP contribution in [0, 0.1) is 11.6 Å². The van der Waals surface area contributed by atoms with E-state index in [1.54, 1.807) is 18.2 Å². The zero-order valence-electron chi connectivity index (χ0n) is 11.3. The van der Waals surface area contributed by atoms with Gasteiger partial charge in [-0.2, -0.15) is 0 Å². The van der Waals surface area contributed by atoms with E-state index in [0.717, 1.165) is 0 Å². The lowest BCUT2D eigenvalue weighted by Crippen LogP contribution is -2.21. The molecular formula is C16H14F2O3. The number of benzene rings is 2. The maximum Gasteiger partial charge on any atom is 0.133 e. The Balaban J connectivity index is 2.01. The Morgan fingerprint density at radius 2 is 1.90 bits per heavy atom. The van der Waals surface area contributed by atoms with Crippen LogP contribution in [0.15, 0.2) is 36.4 Å². The summed E-state index contributed by atoms with van der Waals surface area (Å²) in [4.78, 5) is 0. The van der Waals surface area contributed by atoms with Crippen LogP contribution in [0.3, 0.4) is 0 Å². The maximum absolute atomic E-state index is 13.9. The topological polar surface area (TPSA) is 38.7 Å². The molecule has 0 saturated heterocycles. The van der Waals surface area contributed by atoms with Crippen molar-refractivity contribution in [1.29, 1.82) is 0 Å². The lowest BCUT2D eigenvalue weighted by molar-refractivity contribution is 0.0619. The summed E-state index contributed by atoms with van der Waals surface area (Å²) in [6.45, 7) is 0. The summed E-state index contributed by atoms with van der Waals surface area (Å²) in [5.41, 5.74) is 0.425. The second kappa shape index (κ2) is 5.33. The molecule has 0 spiro atoms. The van der Waals surface area contributed by atoms with Gasteiger partial charge in [0.05, 0.1) is 18.8 Å². The van der Waals surface area contributed by atoms with Crippen LogP contribution in [0.1, 0.15) is 29.8 Å². The summed E-state index contributed by atoms with van der Waals surface area (Å²) >= 11 is 0. The second-order valence-corrected chi connectivity index (χ2v) is 4.90. The minimum atomic E-state index is -0.874. The van der Waals surface area contributed by atoms with Gasteiger partial charge in [0.2, 0.25) is 0 Å². The minimum absolute atomic E-state index is 0.0944. The smallest absolute Gasteiger partial charge is 0.133 e. The van der Waals surface area contributed by atoms with Gasteiger partial charge in [0.15, 0.2) is 0 Å². The van der Waals surface area contributed by atoms with Gasteiger partial charge in [-0.3, -0.25) is 0 Å². The summed E-state index contributed by atoms with van der Waals surface area (Å²) in [6, 6.07) is 8.64. The van der Waals surface area contributed by atoms with Crippen molar-refractivity contribution in [3.05, 3.63) is 59.2 Å². The molecule has 0 bridgehead atoms. The molecule has 0 aliphatic carbocycles. The Kier molecular flexibility index (Phi) is 3.51. The first-order valence-electron chi connectivity index (χ1n) is 6.56. The molecule has 21 heavy (non-hydrogen) atoms. The zero-order chi connectivity index (χ0) is 15.0. The number of hydrogen-bond donors (Lipinski definition) is 1. The van der Waals surface area contributed by atoms with Gasteiger partial charge in [0, 0.05) is 18.1 Å². The number of fused-ring (bicyclic) bond motifs is 1. The van der Waals surface area contributed by atoms with Crippen LogP contribution in [0.25, 0.3) is 0 Å². The van der Waals surface area contributed by atoms with E-state index in [9.17, 15) is 13.9 Å². The van der Waals surface area contributed by atoms with Gasteiger partial charge in [0.1, 0.15) is 29.2 Å². The standard InChI is InChI=1S/C16H14F2O3/c1-20-9-5-6-10-13(19)8-15(21-14(10)7-9)16-11(17)3-2-4-12(16)18/h2-7,13,15,19H,8H2,1H3/t13-,15?/m1/s1. The van der Waals surface area contributed by atoms with E-state index in [1.165, 1.54) is 25.3 Å². The fourth-order valence-corrected chi connectivity index (χ4v) is 2.55. The Bertz CT molecular complexity index is 652. The highest BCUT2D eigenvalue weighted by Gasteiger charge is 2.31. The summed E-state index contributed by atoms with van der Waals surface area (Å²) in [7, 11) is 1.51. The average Bonchev–Trinajstić information content (AvgIpc) is 2.46. The molecule has 1 heterocycles. The fraction of sp³-hybridized carbons (Fsp3) is 0.250. The van der Waals surface area contributed by atoms with Crippen LogP contribution in [0.4, 0.5) is 8.78 Å². The van der Waals surface area contributed by atoms with Gasteiger partial charge in [0.25, 0.3) is 0 Å². The number of aliphatic hydroxyl groups is 1. The van der Waals surface area contributed by atoms with Gasteiger partial charge >= 0.3 is 0 Å². The molecule has 1 N–H and O–H groups in total. The van der Waals surface area contributed by atoms with Crippen molar-refractivity contribution in [3.8, 4) is 11.5 Å². The lowest BCUT2D eigenvalue weighted by atomic mass is 9.94. The van der Waals surface area contributed by atoms with E-state index in [-0.39, 0.29) is 12.0 Å². The Hall–Kier alpha value is -2.14. The molecule has 1 aliphatic heterocycles. The SMILES string of the molecule is COc1ccc2c(c1)OC(c1c(F)cccc1F)C[C@H]2O. The molecule has 3 rings (SSSR count). The maximum atomic E-state index is 13.9. The predicted molar refractivity (Wildman–Crippen MR) is 72.3 cm³/mol. The molecule has 1 unspecified atom stereocenters. The van der Waals surface area contributed by atoms with E-state index < -0.39 is 23.8 Å². The molecule has 110 valence electrons. The van der Waals surface area contributed by atoms with Gasteiger partial charge in [-0.05, 0) is 24.3 Å². The molecule has 0 aromatic heterocycles. The van der Waals surface area contributed by atoms with E-state index in [2.05, 4.69) is 0 Å². The highest BCUT2D eigenvalue weighted by Crippen LogP contribution is 2.43. The molecule has 2 aromatic carbocycles. The Morgan fingerprint density at radius 3 is 2.57 bits per heavy atom. The van der Waals surface area contributed by atoms with Crippen molar-refractivity contribution >= 4 is 0 Å². The largest absolute Gasteiger partial charge is 0.497 e. The molecule has 2 aromatic rings. The van der Waals surface area contributed by atoms with Crippen molar-refractivity contribution in [2.45, 2.75) is 18.6 Å². The van der Waals surface area contributed by atoms with E-state index in [4.69, 9.17) is 9.47 Å². The summed E-state index contributed by atoms with van der Waals surface area (Å²) in [5.74, 6) is -0.437. The van der Waals surface area contributed by atoms with Crippen molar-refractivity contribution in [3.63, 3.8) is 0 Å².